The minimum Gasteiger partial charge on any atom is -0.457 e. The first-order valence-corrected chi connectivity index (χ1v) is 16.2. The molecule has 0 saturated heterocycles. The van der Waals surface area contributed by atoms with Crippen LogP contribution in [0.2, 0.25) is 0 Å². The van der Waals surface area contributed by atoms with Crippen molar-refractivity contribution in [2.75, 3.05) is 24.7 Å². The summed E-state index contributed by atoms with van der Waals surface area (Å²) in [5.41, 5.74) is 0. The van der Waals surface area contributed by atoms with Gasteiger partial charge in [-0.25, -0.2) is 9.59 Å². The predicted octanol–water partition coefficient (Wildman–Crippen LogP) is 6.52. The van der Waals surface area contributed by atoms with Gasteiger partial charge < -0.3 is 9.47 Å². The first-order chi connectivity index (χ1) is 15.6. The Balaban J connectivity index is 1.34. The van der Waals surface area contributed by atoms with Crippen LogP contribution in [0.5, 0.6) is 0 Å². The monoisotopic (exact) mass is 548 g/mol. The lowest BCUT2D eigenvalue weighted by Gasteiger charge is -2.31. The number of ether oxygens (including phenoxy) is 2. The fraction of sp³-hybridized carbons (Fsp3) is 0.545. The molecule has 0 radical (unpaired) electrons. The standard InChI is InChI=1S/C22H28O4S6/c1-3-19(23)25-9-15-11-29-21(31-15)13-27-17-7-5-6-8-18(17)28-14-22-30-12-16(32-22)10-26-20(24)4-2/h3-4,11-12,17-18,21-22H,1-2,5-10,13-14H2. The molecule has 3 aliphatic rings. The molecule has 1 aliphatic carbocycles. The Kier molecular flexibility index (Phi) is 12.0. The molecule has 32 heavy (non-hydrogen) atoms. The molecule has 0 aromatic rings. The average Bonchev–Trinajstić information content (AvgIpc) is 3.48. The van der Waals surface area contributed by atoms with Crippen LogP contribution in [0.25, 0.3) is 0 Å². The van der Waals surface area contributed by atoms with Gasteiger partial charge in [0.05, 0.1) is 9.16 Å². The van der Waals surface area contributed by atoms with E-state index in [1.807, 2.05) is 47.0 Å². The maximum Gasteiger partial charge on any atom is 0.330 e. The van der Waals surface area contributed by atoms with Gasteiger partial charge in [-0.15, -0.1) is 47.0 Å². The molecule has 1 saturated carbocycles. The third kappa shape index (κ3) is 8.98. The molecule has 176 valence electrons. The van der Waals surface area contributed by atoms with Crippen molar-refractivity contribution in [3.63, 3.8) is 0 Å². The molecule has 0 bridgehead atoms. The third-order valence-electron chi connectivity index (χ3n) is 4.85. The van der Waals surface area contributed by atoms with Gasteiger partial charge in [-0.1, -0.05) is 26.0 Å². The average molecular weight is 549 g/mol. The lowest BCUT2D eigenvalue weighted by molar-refractivity contribution is -0.137. The molecule has 2 aliphatic heterocycles. The zero-order valence-electron chi connectivity index (χ0n) is 17.8. The van der Waals surface area contributed by atoms with E-state index in [1.165, 1.54) is 37.8 Å². The van der Waals surface area contributed by atoms with E-state index in [9.17, 15) is 9.59 Å². The topological polar surface area (TPSA) is 52.6 Å². The van der Waals surface area contributed by atoms with E-state index in [4.69, 9.17) is 9.47 Å². The van der Waals surface area contributed by atoms with Crippen molar-refractivity contribution in [3.05, 3.63) is 45.9 Å². The number of hydrogen-bond donors (Lipinski definition) is 0. The minimum absolute atomic E-state index is 0.352. The molecule has 4 unspecified atom stereocenters. The zero-order valence-corrected chi connectivity index (χ0v) is 22.7. The Morgan fingerprint density at radius 1 is 0.875 bits per heavy atom. The highest BCUT2D eigenvalue weighted by atomic mass is 32.2. The first kappa shape index (κ1) is 26.6. The highest BCUT2D eigenvalue weighted by molar-refractivity contribution is 8.24. The quantitative estimate of drug-likeness (QED) is 0.199. The molecule has 4 atom stereocenters. The molecule has 0 spiro atoms. The number of esters is 2. The van der Waals surface area contributed by atoms with Crippen molar-refractivity contribution >= 4 is 82.5 Å². The first-order valence-electron chi connectivity index (χ1n) is 10.4. The van der Waals surface area contributed by atoms with Gasteiger partial charge in [-0.05, 0) is 23.7 Å². The molecule has 2 heterocycles. The Hall–Kier alpha value is -0.000000000000000222. The molecule has 0 amide bonds. The summed E-state index contributed by atoms with van der Waals surface area (Å²) in [4.78, 5) is 24.7. The van der Waals surface area contributed by atoms with Crippen LogP contribution in [0.4, 0.5) is 0 Å². The Labute approximate surface area is 216 Å². The smallest absolute Gasteiger partial charge is 0.330 e. The highest BCUT2D eigenvalue weighted by Gasteiger charge is 2.30. The van der Waals surface area contributed by atoms with Crippen molar-refractivity contribution in [1.29, 1.82) is 0 Å². The fourth-order valence-electron chi connectivity index (χ4n) is 3.29. The Bertz CT molecular complexity index is 691. The maximum absolute atomic E-state index is 11.2. The van der Waals surface area contributed by atoms with Gasteiger partial charge in [-0.3, -0.25) is 0 Å². The molecule has 3 rings (SSSR count). The van der Waals surface area contributed by atoms with E-state index in [0.29, 0.717) is 32.9 Å². The van der Waals surface area contributed by atoms with Crippen LogP contribution in [-0.4, -0.2) is 56.3 Å². The van der Waals surface area contributed by atoms with Crippen LogP contribution in [0.3, 0.4) is 0 Å². The van der Waals surface area contributed by atoms with Gasteiger partial charge in [0.1, 0.15) is 13.2 Å². The Morgan fingerprint density at radius 2 is 1.31 bits per heavy atom. The van der Waals surface area contributed by atoms with Crippen molar-refractivity contribution in [1.82, 2.24) is 0 Å². The number of carbonyl (C=O) groups excluding carboxylic acids is 2. The second-order valence-electron chi connectivity index (χ2n) is 7.19. The summed E-state index contributed by atoms with van der Waals surface area (Å²) >= 11 is 11.6. The summed E-state index contributed by atoms with van der Waals surface area (Å²) in [6.45, 7) is 7.57. The minimum atomic E-state index is -0.366. The van der Waals surface area contributed by atoms with Crippen LogP contribution in [-0.2, 0) is 19.1 Å². The van der Waals surface area contributed by atoms with Gasteiger partial charge in [-0.2, -0.15) is 23.5 Å². The number of rotatable bonds is 12. The van der Waals surface area contributed by atoms with E-state index in [2.05, 4.69) is 47.5 Å². The molecule has 0 aromatic heterocycles. The Morgan fingerprint density at radius 3 is 1.72 bits per heavy atom. The SMILES string of the molecule is C=CC(=O)OCC1=CSC(CSC2CCCCC2SCC2SC=C(COC(=O)C=C)S2)S1. The molecule has 1 fully saturated rings. The lowest BCUT2D eigenvalue weighted by Crippen LogP contribution is -2.26. The van der Waals surface area contributed by atoms with Gasteiger partial charge in [0.2, 0.25) is 0 Å². The normalized spacial score (nSPS) is 27.4. The van der Waals surface area contributed by atoms with Crippen molar-refractivity contribution in [2.24, 2.45) is 0 Å². The molecule has 0 aromatic carbocycles. The van der Waals surface area contributed by atoms with Crippen LogP contribution in [0, 0.1) is 0 Å². The second-order valence-corrected chi connectivity index (χ2v) is 15.1. The van der Waals surface area contributed by atoms with Crippen LogP contribution in [0.1, 0.15) is 25.7 Å². The molecular weight excluding hydrogens is 521 g/mol. The number of thioether (sulfide) groups is 6. The number of hydrogen-bond acceptors (Lipinski definition) is 10. The van der Waals surface area contributed by atoms with E-state index >= 15 is 0 Å². The molecule has 10 heteroatoms. The summed E-state index contributed by atoms with van der Waals surface area (Å²) in [5.74, 6) is 1.49. The van der Waals surface area contributed by atoms with Crippen molar-refractivity contribution in [2.45, 2.75) is 45.3 Å². The lowest BCUT2D eigenvalue weighted by atomic mass is 10.00. The van der Waals surface area contributed by atoms with Gasteiger partial charge in [0.25, 0.3) is 0 Å². The highest BCUT2D eigenvalue weighted by Crippen LogP contribution is 2.46. The van der Waals surface area contributed by atoms with Crippen LogP contribution >= 0.6 is 70.6 Å². The zero-order chi connectivity index (χ0) is 22.8. The van der Waals surface area contributed by atoms with E-state index in [0.717, 1.165) is 21.3 Å². The predicted molar refractivity (Wildman–Crippen MR) is 147 cm³/mol. The van der Waals surface area contributed by atoms with Gasteiger partial charge >= 0.3 is 11.9 Å². The molecular formula is C22H28O4S6. The van der Waals surface area contributed by atoms with Gasteiger partial charge in [0, 0.05) is 44.0 Å². The molecule has 4 nitrogen and oxygen atoms in total. The van der Waals surface area contributed by atoms with Crippen molar-refractivity contribution in [3.8, 4) is 0 Å². The number of carbonyl (C=O) groups is 2. The van der Waals surface area contributed by atoms with Crippen LogP contribution < -0.4 is 0 Å². The summed E-state index contributed by atoms with van der Waals surface area (Å²) < 4.78 is 11.3. The van der Waals surface area contributed by atoms with E-state index < -0.39 is 0 Å². The fourth-order valence-corrected chi connectivity index (χ4v) is 12.0. The van der Waals surface area contributed by atoms with Gasteiger partial charge in [0.15, 0.2) is 0 Å². The summed E-state index contributed by atoms with van der Waals surface area (Å²) in [6, 6.07) is 0. The summed E-state index contributed by atoms with van der Waals surface area (Å²) in [6.07, 6.45) is 7.67. The van der Waals surface area contributed by atoms with Crippen LogP contribution in [0.15, 0.2) is 45.9 Å². The largest absolute Gasteiger partial charge is 0.457 e. The van der Waals surface area contributed by atoms with E-state index in [-0.39, 0.29) is 11.9 Å². The third-order valence-corrected chi connectivity index (χ3v) is 14.2. The second kappa shape index (κ2) is 14.4. The maximum atomic E-state index is 11.2. The van der Waals surface area contributed by atoms with Crippen molar-refractivity contribution < 1.29 is 19.1 Å². The molecule has 0 N–H and O–H groups in total. The summed E-state index contributed by atoms with van der Waals surface area (Å²) in [5, 5.41) is 5.67. The van der Waals surface area contributed by atoms with E-state index in [1.54, 1.807) is 0 Å². The summed E-state index contributed by atoms with van der Waals surface area (Å²) in [7, 11) is 0.